The van der Waals surface area contributed by atoms with Gasteiger partial charge in [-0.1, -0.05) is 11.8 Å². The fraction of sp³-hybridized carbons (Fsp3) is 0.667. The fourth-order valence-electron chi connectivity index (χ4n) is 3.58. The maximum absolute atomic E-state index is 5.88. The molecule has 0 aromatic carbocycles. The van der Waals surface area contributed by atoms with Crippen LogP contribution in [0.25, 0.3) is 0 Å². The Morgan fingerprint density at radius 3 is 2.81 bits per heavy atom. The summed E-state index contributed by atoms with van der Waals surface area (Å²) in [6, 6.07) is 0. The summed E-state index contributed by atoms with van der Waals surface area (Å²) in [5, 5.41) is 13.5. The van der Waals surface area contributed by atoms with Gasteiger partial charge in [-0.25, -0.2) is 0 Å². The number of ether oxygens (including phenoxy) is 1. The molecule has 0 spiro atoms. The lowest BCUT2D eigenvalue weighted by molar-refractivity contribution is 0.0936. The molecule has 0 radical (unpaired) electrons. The molecule has 2 aliphatic rings. The third kappa shape index (κ3) is 4.24. The number of piperidine rings is 1. The van der Waals surface area contributed by atoms with Crippen molar-refractivity contribution in [3.63, 3.8) is 0 Å². The monoisotopic (exact) mass is 374 g/mol. The van der Waals surface area contributed by atoms with Crippen LogP contribution in [0, 0.1) is 6.92 Å². The minimum atomic E-state index is 0.282. The van der Waals surface area contributed by atoms with Crippen LogP contribution in [-0.4, -0.2) is 50.5 Å². The normalized spacial score (nSPS) is 21.3. The van der Waals surface area contributed by atoms with Crippen molar-refractivity contribution in [1.82, 2.24) is 30.0 Å². The van der Waals surface area contributed by atoms with Crippen LogP contribution in [-0.2, 0) is 17.0 Å². The highest BCUT2D eigenvalue weighted by atomic mass is 32.2. The van der Waals surface area contributed by atoms with Crippen molar-refractivity contribution in [3.8, 4) is 0 Å². The zero-order chi connectivity index (χ0) is 17.8. The summed E-state index contributed by atoms with van der Waals surface area (Å²) in [4.78, 5) is 8.78. The van der Waals surface area contributed by atoms with Crippen LogP contribution in [0.1, 0.15) is 48.8 Å². The second kappa shape index (κ2) is 8.45. The van der Waals surface area contributed by atoms with E-state index in [0.29, 0.717) is 5.92 Å². The van der Waals surface area contributed by atoms with E-state index >= 15 is 0 Å². The van der Waals surface area contributed by atoms with Crippen LogP contribution < -0.4 is 5.32 Å². The molecular weight excluding hydrogens is 348 g/mol. The molecule has 2 fully saturated rings. The van der Waals surface area contributed by atoms with Gasteiger partial charge in [0, 0.05) is 30.7 Å². The van der Waals surface area contributed by atoms with Crippen molar-refractivity contribution in [2.24, 2.45) is 0 Å². The lowest BCUT2D eigenvalue weighted by Crippen LogP contribution is -2.29. The number of hydrogen-bond donors (Lipinski definition) is 1. The highest BCUT2D eigenvalue weighted by Crippen LogP contribution is 2.30. The Morgan fingerprint density at radius 2 is 2.08 bits per heavy atom. The molecule has 0 amide bonds. The lowest BCUT2D eigenvalue weighted by Gasteiger charge is -2.23. The standard InChI is InChI=1S/C18H26N6OS/c1-13-9-21-15(10-20-13)12-26-18-23-22-17(14-4-6-19-7-5-14)24(18)11-16-3-2-8-25-16/h9-10,14,16,19H,2-8,11-12H2,1H3/t16-/m0/s1. The molecule has 2 aliphatic heterocycles. The summed E-state index contributed by atoms with van der Waals surface area (Å²) in [6.07, 6.45) is 8.46. The maximum atomic E-state index is 5.88. The van der Waals surface area contributed by atoms with E-state index in [1.165, 1.54) is 0 Å². The van der Waals surface area contributed by atoms with Crippen LogP contribution in [0.15, 0.2) is 17.6 Å². The van der Waals surface area contributed by atoms with Gasteiger partial charge in [-0.3, -0.25) is 9.97 Å². The van der Waals surface area contributed by atoms with E-state index in [0.717, 1.165) is 80.0 Å². The Labute approximate surface area is 158 Å². The number of thioether (sulfide) groups is 1. The Morgan fingerprint density at radius 1 is 1.19 bits per heavy atom. The van der Waals surface area contributed by atoms with Crippen LogP contribution in [0.4, 0.5) is 0 Å². The summed E-state index contributed by atoms with van der Waals surface area (Å²) in [5.74, 6) is 2.36. The van der Waals surface area contributed by atoms with Gasteiger partial charge >= 0.3 is 0 Å². The first-order valence-electron chi connectivity index (χ1n) is 9.45. The first-order valence-corrected chi connectivity index (χ1v) is 10.4. The minimum Gasteiger partial charge on any atom is -0.376 e. The molecule has 8 heteroatoms. The fourth-order valence-corrected chi connectivity index (χ4v) is 4.43. The van der Waals surface area contributed by atoms with E-state index in [4.69, 9.17) is 4.74 Å². The number of nitrogens with one attached hydrogen (secondary N) is 1. The average molecular weight is 375 g/mol. The molecule has 140 valence electrons. The summed E-state index contributed by atoms with van der Waals surface area (Å²) in [6.45, 7) is 5.79. The topological polar surface area (TPSA) is 77.8 Å². The molecule has 7 nitrogen and oxygen atoms in total. The number of hydrogen-bond acceptors (Lipinski definition) is 7. The predicted octanol–water partition coefficient (Wildman–Crippen LogP) is 2.31. The van der Waals surface area contributed by atoms with Crippen molar-refractivity contribution < 1.29 is 4.74 Å². The van der Waals surface area contributed by atoms with Crippen molar-refractivity contribution in [3.05, 3.63) is 29.6 Å². The smallest absolute Gasteiger partial charge is 0.191 e. The highest BCUT2D eigenvalue weighted by Gasteiger charge is 2.26. The van der Waals surface area contributed by atoms with E-state index in [2.05, 4.69) is 30.0 Å². The summed E-state index contributed by atoms with van der Waals surface area (Å²) in [5.41, 5.74) is 1.91. The van der Waals surface area contributed by atoms with Gasteiger partial charge in [0.1, 0.15) is 5.82 Å². The summed E-state index contributed by atoms with van der Waals surface area (Å²) < 4.78 is 8.18. The Hall–Kier alpha value is -1.51. The van der Waals surface area contributed by atoms with Crippen LogP contribution in [0.2, 0.25) is 0 Å². The number of aryl methyl sites for hydroxylation is 1. The van der Waals surface area contributed by atoms with Gasteiger partial charge in [0.15, 0.2) is 5.16 Å². The molecule has 0 saturated carbocycles. The SMILES string of the molecule is Cc1cnc(CSc2nnc(C3CCNCC3)n2C[C@@H]2CCCO2)cn1. The summed E-state index contributed by atoms with van der Waals surface area (Å²) >= 11 is 1.69. The lowest BCUT2D eigenvalue weighted by atomic mass is 9.97. The molecule has 0 unspecified atom stereocenters. The van der Waals surface area contributed by atoms with Gasteiger partial charge in [-0.15, -0.1) is 10.2 Å². The molecule has 0 aliphatic carbocycles. The Balaban J connectivity index is 1.52. The Bertz CT molecular complexity index is 707. The van der Waals surface area contributed by atoms with E-state index < -0.39 is 0 Å². The van der Waals surface area contributed by atoms with Gasteiger partial charge in [0.2, 0.25) is 0 Å². The quantitative estimate of drug-likeness (QED) is 0.778. The maximum Gasteiger partial charge on any atom is 0.191 e. The molecule has 1 atom stereocenters. The molecule has 0 bridgehead atoms. The van der Waals surface area contributed by atoms with Crippen molar-refractivity contribution in [1.29, 1.82) is 0 Å². The summed E-state index contributed by atoms with van der Waals surface area (Å²) in [7, 11) is 0. The molecule has 2 aromatic heterocycles. The number of aromatic nitrogens is 5. The molecule has 26 heavy (non-hydrogen) atoms. The predicted molar refractivity (Wildman–Crippen MR) is 100 cm³/mol. The van der Waals surface area contributed by atoms with Gasteiger partial charge in [0.05, 0.1) is 24.0 Å². The highest BCUT2D eigenvalue weighted by molar-refractivity contribution is 7.98. The molecule has 4 heterocycles. The third-order valence-electron chi connectivity index (χ3n) is 5.04. The van der Waals surface area contributed by atoms with E-state index in [-0.39, 0.29) is 6.10 Å². The van der Waals surface area contributed by atoms with E-state index in [1.54, 1.807) is 11.8 Å². The minimum absolute atomic E-state index is 0.282. The van der Waals surface area contributed by atoms with Crippen LogP contribution >= 0.6 is 11.8 Å². The second-order valence-corrected chi connectivity index (χ2v) is 7.99. The first-order chi connectivity index (χ1) is 12.8. The zero-order valence-corrected chi connectivity index (χ0v) is 16.0. The van der Waals surface area contributed by atoms with Gasteiger partial charge in [0.25, 0.3) is 0 Å². The molecule has 1 N–H and O–H groups in total. The molecule has 2 aromatic rings. The molecular formula is C18H26N6OS. The van der Waals surface area contributed by atoms with E-state index in [1.807, 2.05) is 19.3 Å². The van der Waals surface area contributed by atoms with Gasteiger partial charge in [-0.05, 0) is 45.7 Å². The number of rotatable bonds is 6. The zero-order valence-electron chi connectivity index (χ0n) is 15.2. The first kappa shape index (κ1) is 17.9. The third-order valence-corrected chi connectivity index (χ3v) is 6.04. The average Bonchev–Trinajstić information content (AvgIpc) is 3.33. The van der Waals surface area contributed by atoms with Crippen molar-refractivity contribution >= 4 is 11.8 Å². The largest absolute Gasteiger partial charge is 0.376 e. The van der Waals surface area contributed by atoms with Crippen molar-refractivity contribution in [2.45, 2.75) is 62.1 Å². The molecule has 4 rings (SSSR count). The molecule has 2 saturated heterocycles. The van der Waals surface area contributed by atoms with Crippen LogP contribution in [0.3, 0.4) is 0 Å². The van der Waals surface area contributed by atoms with Gasteiger partial charge < -0.3 is 14.6 Å². The van der Waals surface area contributed by atoms with Crippen molar-refractivity contribution in [2.75, 3.05) is 19.7 Å². The number of nitrogens with zero attached hydrogens (tertiary/aromatic N) is 5. The van der Waals surface area contributed by atoms with Crippen LogP contribution in [0.5, 0.6) is 0 Å². The second-order valence-electron chi connectivity index (χ2n) is 7.05. The Kier molecular flexibility index (Phi) is 5.81. The van der Waals surface area contributed by atoms with Gasteiger partial charge in [-0.2, -0.15) is 0 Å². The van der Waals surface area contributed by atoms with E-state index in [9.17, 15) is 0 Å².